The molecule has 1 aliphatic carbocycles. The van der Waals surface area contributed by atoms with Crippen LogP contribution in [0.15, 0.2) is 30.5 Å². The summed E-state index contributed by atoms with van der Waals surface area (Å²) in [4.78, 5) is 15.9. The fourth-order valence-corrected chi connectivity index (χ4v) is 4.80. The number of aromatic nitrogens is 3. The third kappa shape index (κ3) is 2.62. The number of hydrogen-bond donors (Lipinski definition) is 1. The van der Waals surface area contributed by atoms with Gasteiger partial charge in [-0.1, -0.05) is 0 Å². The predicted octanol–water partition coefficient (Wildman–Crippen LogP) is 3.54. The van der Waals surface area contributed by atoms with Gasteiger partial charge in [0, 0.05) is 36.2 Å². The summed E-state index contributed by atoms with van der Waals surface area (Å²) in [5.41, 5.74) is 10.1. The minimum Gasteiger partial charge on any atom is -0.368 e. The number of pyridine rings is 1. The lowest BCUT2D eigenvalue weighted by molar-refractivity contribution is 0.333. The molecule has 6 heteroatoms. The Hall–Kier alpha value is -2.76. The molecule has 2 aromatic heterocycles. The molecule has 1 unspecified atom stereocenters. The Bertz CT molecular complexity index is 1050. The molecule has 1 atom stereocenters. The van der Waals surface area contributed by atoms with E-state index in [2.05, 4.69) is 27.9 Å². The van der Waals surface area contributed by atoms with E-state index in [9.17, 15) is 4.39 Å². The molecule has 5 nitrogen and oxygen atoms in total. The number of rotatable bonds is 1. The molecule has 0 radical (unpaired) electrons. The van der Waals surface area contributed by atoms with Gasteiger partial charge in [0.15, 0.2) is 0 Å². The van der Waals surface area contributed by atoms with Gasteiger partial charge < -0.3 is 10.6 Å². The fraction of sp³-hybridized carbons (Fsp3) is 0.381. The van der Waals surface area contributed by atoms with Gasteiger partial charge in [0.25, 0.3) is 0 Å². The number of nitrogen functional groups attached to an aromatic ring is 1. The number of nitrogens with two attached hydrogens (primary N) is 1. The van der Waals surface area contributed by atoms with Crippen molar-refractivity contribution >= 4 is 22.7 Å². The van der Waals surface area contributed by atoms with E-state index in [0.29, 0.717) is 11.5 Å². The molecule has 3 aromatic rings. The van der Waals surface area contributed by atoms with Crippen LogP contribution < -0.4 is 10.6 Å². The highest BCUT2D eigenvalue weighted by molar-refractivity contribution is 5.84. The van der Waals surface area contributed by atoms with E-state index < -0.39 is 0 Å². The molecule has 0 amide bonds. The molecule has 2 aliphatic rings. The summed E-state index contributed by atoms with van der Waals surface area (Å²) < 4.78 is 13.7. The molecule has 0 saturated carbocycles. The van der Waals surface area contributed by atoms with Crippen molar-refractivity contribution in [1.29, 1.82) is 0 Å². The number of benzene rings is 1. The van der Waals surface area contributed by atoms with Crippen molar-refractivity contribution in [1.82, 2.24) is 15.0 Å². The SMILES string of the molecule is Cc1cc(N2CCCC3(CCc4cnc(N)nc43)C2)nc2cc(F)ccc12. The zero-order valence-corrected chi connectivity index (χ0v) is 15.4. The van der Waals surface area contributed by atoms with Gasteiger partial charge >= 0.3 is 0 Å². The first kappa shape index (κ1) is 16.4. The summed E-state index contributed by atoms with van der Waals surface area (Å²) in [6, 6.07) is 6.93. The third-order valence-corrected chi connectivity index (χ3v) is 6.12. The number of halogens is 1. The van der Waals surface area contributed by atoms with Gasteiger partial charge in [-0.3, -0.25) is 0 Å². The molecule has 2 N–H and O–H groups in total. The number of aryl methyl sites for hydroxylation is 2. The van der Waals surface area contributed by atoms with E-state index in [1.54, 1.807) is 6.07 Å². The van der Waals surface area contributed by atoms with E-state index >= 15 is 0 Å². The molecule has 138 valence electrons. The van der Waals surface area contributed by atoms with Crippen LogP contribution in [0.3, 0.4) is 0 Å². The predicted molar refractivity (Wildman–Crippen MR) is 104 cm³/mol. The highest BCUT2D eigenvalue weighted by Gasteiger charge is 2.44. The van der Waals surface area contributed by atoms with Crippen LogP contribution in [-0.4, -0.2) is 28.0 Å². The molecular formula is C21H22FN5. The molecule has 1 aliphatic heterocycles. The van der Waals surface area contributed by atoms with E-state index in [1.165, 1.54) is 17.7 Å². The smallest absolute Gasteiger partial charge is 0.220 e. The lowest BCUT2D eigenvalue weighted by Gasteiger charge is -2.41. The number of fused-ring (bicyclic) bond motifs is 3. The molecule has 3 heterocycles. The summed E-state index contributed by atoms with van der Waals surface area (Å²) in [5, 5.41) is 0.999. The van der Waals surface area contributed by atoms with Gasteiger partial charge in [0.2, 0.25) is 5.95 Å². The zero-order valence-electron chi connectivity index (χ0n) is 15.4. The maximum absolute atomic E-state index is 13.7. The van der Waals surface area contributed by atoms with Crippen LogP contribution in [0.2, 0.25) is 0 Å². The average molecular weight is 363 g/mol. The summed E-state index contributed by atoms with van der Waals surface area (Å²) in [6.07, 6.45) is 6.13. The second-order valence-electron chi connectivity index (χ2n) is 7.87. The van der Waals surface area contributed by atoms with E-state index in [4.69, 9.17) is 10.7 Å². The standard InChI is InChI=1S/C21H22FN5/c1-13-9-18(25-17-10-15(22)3-4-16(13)17)27-8-2-6-21(12-27)7-5-14-11-24-20(23)26-19(14)21/h3-4,9-11H,2,5-8,12H2,1H3,(H2,23,24,26). The van der Waals surface area contributed by atoms with Crippen molar-refractivity contribution in [2.24, 2.45) is 0 Å². The highest BCUT2D eigenvalue weighted by atomic mass is 19.1. The second kappa shape index (κ2) is 5.87. The van der Waals surface area contributed by atoms with Crippen molar-refractivity contribution in [3.63, 3.8) is 0 Å². The molecule has 27 heavy (non-hydrogen) atoms. The Morgan fingerprint density at radius 3 is 2.96 bits per heavy atom. The summed E-state index contributed by atoms with van der Waals surface area (Å²) >= 11 is 0. The first-order chi connectivity index (χ1) is 13.0. The van der Waals surface area contributed by atoms with Crippen LogP contribution in [0.4, 0.5) is 16.2 Å². The average Bonchev–Trinajstić information content (AvgIpc) is 2.98. The van der Waals surface area contributed by atoms with Gasteiger partial charge in [-0.2, -0.15) is 0 Å². The normalized spacial score (nSPS) is 21.8. The van der Waals surface area contributed by atoms with Crippen molar-refractivity contribution < 1.29 is 4.39 Å². The Morgan fingerprint density at radius 2 is 2.07 bits per heavy atom. The summed E-state index contributed by atoms with van der Waals surface area (Å²) in [5.74, 6) is 1.01. The quantitative estimate of drug-likeness (QED) is 0.716. The summed E-state index contributed by atoms with van der Waals surface area (Å²) in [7, 11) is 0. The maximum Gasteiger partial charge on any atom is 0.220 e. The molecule has 1 spiro atoms. The van der Waals surface area contributed by atoms with Gasteiger partial charge in [-0.15, -0.1) is 0 Å². The molecule has 1 fully saturated rings. The number of nitrogens with zero attached hydrogens (tertiary/aromatic N) is 4. The van der Waals surface area contributed by atoms with E-state index in [1.807, 2.05) is 6.20 Å². The van der Waals surface area contributed by atoms with Gasteiger partial charge in [-0.05, 0) is 61.9 Å². The minimum absolute atomic E-state index is 0.0110. The first-order valence-corrected chi connectivity index (χ1v) is 9.48. The lowest BCUT2D eigenvalue weighted by Crippen LogP contribution is -2.46. The lowest BCUT2D eigenvalue weighted by atomic mass is 9.77. The van der Waals surface area contributed by atoms with Crippen LogP contribution in [-0.2, 0) is 11.8 Å². The van der Waals surface area contributed by atoms with Gasteiger partial charge in [0.05, 0.1) is 11.2 Å². The largest absolute Gasteiger partial charge is 0.368 e. The minimum atomic E-state index is -0.251. The van der Waals surface area contributed by atoms with E-state index in [0.717, 1.165) is 61.2 Å². The molecule has 5 rings (SSSR count). The Balaban J connectivity index is 1.54. The van der Waals surface area contributed by atoms with Crippen LogP contribution >= 0.6 is 0 Å². The third-order valence-electron chi connectivity index (χ3n) is 6.12. The Morgan fingerprint density at radius 1 is 1.19 bits per heavy atom. The molecule has 0 bridgehead atoms. The Labute approximate surface area is 157 Å². The fourth-order valence-electron chi connectivity index (χ4n) is 4.80. The van der Waals surface area contributed by atoms with E-state index in [-0.39, 0.29) is 11.2 Å². The summed E-state index contributed by atoms with van der Waals surface area (Å²) in [6.45, 7) is 3.87. The zero-order chi connectivity index (χ0) is 18.6. The van der Waals surface area contributed by atoms with Crippen LogP contribution in [0.1, 0.15) is 36.1 Å². The maximum atomic E-state index is 13.7. The second-order valence-corrected chi connectivity index (χ2v) is 7.87. The van der Waals surface area contributed by atoms with Crippen LogP contribution in [0.25, 0.3) is 10.9 Å². The highest BCUT2D eigenvalue weighted by Crippen LogP contribution is 2.44. The number of anilines is 2. The van der Waals surface area contributed by atoms with Crippen LogP contribution in [0, 0.1) is 12.7 Å². The first-order valence-electron chi connectivity index (χ1n) is 9.48. The monoisotopic (exact) mass is 363 g/mol. The molecule has 1 aromatic carbocycles. The van der Waals surface area contributed by atoms with Crippen molar-refractivity contribution in [3.8, 4) is 0 Å². The topological polar surface area (TPSA) is 67.9 Å². The molecular weight excluding hydrogens is 341 g/mol. The van der Waals surface area contributed by atoms with Crippen molar-refractivity contribution in [2.75, 3.05) is 23.7 Å². The molecule has 1 saturated heterocycles. The number of hydrogen-bond acceptors (Lipinski definition) is 5. The number of piperidine rings is 1. The van der Waals surface area contributed by atoms with Gasteiger partial charge in [-0.25, -0.2) is 19.3 Å². The van der Waals surface area contributed by atoms with Gasteiger partial charge in [0.1, 0.15) is 11.6 Å². The van der Waals surface area contributed by atoms with Crippen LogP contribution in [0.5, 0.6) is 0 Å². The van der Waals surface area contributed by atoms with Crippen molar-refractivity contribution in [2.45, 2.75) is 38.0 Å². The Kier molecular flexibility index (Phi) is 3.57. The van der Waals surface area contributed by atoms with Crippen molar-refractivity contribution in [3.05, 3.63) is 53.1 Å².